The van der Waals surface area contributed by atoms with Crippen molar-refractivity contribution in [1.82, 2.24) is 4.57 Å². The first-order valence-electron chi connectivity index (χ1n) is 7.92. The maximum Gasteiger partial charge on any atom is 0.200 e. The molecule has 0 radical (unpaired) electrons. The average molecular weight is 331 g/mol. The minimum absolute atomic E-state index is 0.121. The van der Waals surface area contributed by atoms with Gasteiger partial charge in [0, 0.05) is 39.2 Å². The second-order valence-corrected chi connectivity index (χ2v) is 6.94. The van der Waals surface area contributed by atoms with E-state index in [9.17, 15) is 4.79 Å². The molecule has 0 unspecified atom stereocenters. The van der Waals surface area contributed by atoms with E-state index in [1.54, 1.807) is 11.8 Å². The maximum absolute atomic E-state index is 12.7. The summed E-state index contributed by atoms with van der Waals surface area (Å²) in [6, 6.07) is 16.1. The van der Waals surface area contributed by atoms with Crippen LogP contribution >= 0.6 is 11.8 Å². The zero-order chi connectivity index (χ0) is 16.7. The molecule has 118 valence electrons. The lowest BCUT2D eigenvalue weighted by molar-refractivity contribution is 0.104. The topological polar surface area (TPSA) is 22.0 Å². The van der Waals surface area contributed by atoms with Crippen molar-refractivity contribution in [2.24, 2.45) is 0 Å². The van der Waals surface area contributed by atoms with E-state index in [0.717, 1.165) is 33.2 Å². The highest BCUT2D eigenvalue weighted by Gasteiger charge is 2.26. The lowest BCUT2D eigenvalue weighted by Gasteiger charge is -2.04. The summed E-state index contributed by atoms with van der Waals surface area (Å²) >= 11 is 1.56. The first-order chi connectivity index (χ1) is 11.7. The van der Waals surface area contributed by atoms with E-state index in [-0.39, 0.29) is 5.78 Å². The van der Waals surface area contributed by atoms with Crippen molar-refractivity contribution in [3.63, 3.8) is 0 Å². The van der Waals surface area contributed by atoms with Crippen molar-refractivity contribution >= 4 is 34.5 Å². The molecule has 0 fully saturated rings. The Kier molecular flexibility index (Phi) is 3.66. The van der Waals surface area contributed by atoms with Gasteiger partial charge in [0.1, 0.15) is 0 Å². The summed E-state index contributed by atoms with van der Waals surface area (Å²) < 4.78 is 2.24. The van der Waals surface area contributed by atoms with Crippen molar-refractivity contribution < 1.29 is 4.79 Å². The molecular weight excluding hydrogens is 314 g/mol. The second kappa shape index (κ2) is 5.84. The van der Waals surface area contributed by atoms with Gasteiger partial charge < -0.3 is 4.57 Å². The number of carbonyl (C=O) groups is 1. The molecule has 1 aromatic heterocycles. The molecule has 1 aliphatic rings. The molecule has 3 aromatic rings. The Morgan fingerprint density at radius 3 is 2.67 bits per heavy atom. The Balaban J connectivity index is 1.88. The number of hydrogen-bond acceptors (Lipinski definition) is 2. The minimum atomic E-state index is 0.121. The van der Waals surface area contributed by atoms with Gasteiger partial charge in [-0.3, -0.25) is 4.79 Å². The molecule has 2 nitrogen and oxygen atoms in total. The van der Waals surface area contributed by atoms with Crippen LogP contribution in [0.5, 0.6) is 0 Å². The van der Waals surface area contributed by atoms with Gasteiger partial charge in [0.05, 0.1) is 4.91 Å². The number of rotatable bonds is 3. The molecule has 24 heavy (non-hydrogen) atoms. The number of nitrogens with zero attached hydrogens (tertiary/aromatic N) is 1. The fourth-order valence-corrected chi connectivity index (χ4v) is 4.30. The fourth-order valence-electron chi connectivity index (χ4n) is 3.27. The first-order valence-corrected chi connectivity index (χ1v) is 8.74. The molecule has 0 amide bonds. The zero-order valence-electron chi connectivity index (χ0n) is 13.5. The Labute approximate surface area is 145 Å². The van der Waals surface area contributed by atoms with Crippen LogP contribution in [0.1, 0.15) is 21.6 Å². The van der Waals surface area contributed by atoms with Gasteiger partial charge >= 0.3 is 0 Å². The lowest BCUT2D eigenvalue weighted by atomic mass is 10.1. The molecule has 0 saturated heterocycles. The number of hydrogen-bond donors (Lipinski definition) is 0. The first kappa shape index (κ1) is 15.0. The van der Waals surface area contributed by atoms with Crippen LogP contribution in [0, 0.1) is 6.92 Å². The molecule has 2 aromatic carbocycles. The van der Waals surface area contributed by atoms with E-state index in [2.05, 4.69) is 30.2 Å². The highest BCUT2D eigenvalue weighted by molar-refractivity contribution is 8.04. The van der Waals surface area contributed by atoms with E-state index >= 15 is 0 Å². The van der Waals surface area contributed by atoms with Crippen molar-refractivity contribution in [3.8, 4) is 0 Å². The third-order valence-corrected chi connectivity index (χ3v) is 5.54. The number of fused-ring (bicyclic) bond motifs is 2. The molecule has 0 spiro atoms. The highest BCUT2D eigenvalue weighted by atomic mass is 32.2. The number of allylic oxidation sites excluding steroid dienone is 2. The van der Waals surface area contributed by atoms with Gasteiger partial charge in [0.15, 0.2) is 0 Å². The van der Waals surface area contributed by atoms with E-state index in [1.807, 2.05) is 48.6 Å². The number of Topliss-reactive ketones (excluding diaryl/α,β-unsaturated/α-hetero) is 1. The van der Waals surface area contributed by atoms with Gasteiger partial charge in [-0.2, -0.15) is 0 Å². The Morgan fingerprint density at radius 2 is 1.88 bits per heavy atom. The van der Waals surface area contributed by atoms with Crippen molar-refractivity contribution in [2.75, 3.05) is 0 Å². The molecule has 0 bridgehead atoms. The van der Waals surface area contributed by atoms with Crippen molar-refractivity contribution in [2.45, 2.75) is 18.4 Å². The molecule has 0 atom stereocenters. The SMILES string of the molecule is C=CCn1c(C)c(/C=C2\Sc3ccccc3C2=O)c2ccccc21. The van der Waals surface area contributed by atoms with Gasteiger partial charge in [-0.15, -0.1) is 6.58 Å². The molecule has 1 aliphatic heterocycles. The van der Waals surface area contributed by atoms with Crippen LogP contribution in [0.3, 0.4) is 0 Å². The van der Waals surface area contributed by atoms with Crippen molar-refractivity contribution in [1.29, 1.82) is 0 Å². The second-order valence-electron chi connectivity index (χ2n) is 5.85. The third kappa shape index (κ3) is 2.24. The molecule has 0 saturated carbocycles. The van der Waals surface area contributed by atoms with Gasteiger partial charge in [0.25, 0.3) is 0 Å². The summed E-state index contributed by atoms with van der Waals surface area (Å²) in [6.07, 6.45) is 3.95. The summed E-state index contributed by atoms with van der Waals surface area (Å²) in [5.41, 5.74) is 4.26. The van der Waals surface area contributed by atoms with Crippen LogP contribution in [-0.4, -0.2) is 10.4 Å². The molecular formula is C21H17NOS. The zero-order valence-corrected chi connectivity index (χ0v) is 14.3. The number of para-hydroxylation sites is 1. The Morgan fingerprint density at radius 1 is 1.12 bits per heavy atom. The minimum Gasteiger partial charge on any atom is -0.340 e. The van der Waals surface area contributed by atoms with E-state index < -0.39 is 0 Å². The standard InChI is InChI=1S/C21H17NOS/c1-3-12-22-14(2)17(15-8-4-6-10-18(15)22)13-20-21(23)16-9-5-7-11-19(16)24-20/h3-11,13H,1,12H2,2H3/b20-13-. The molecule has 2 heterocycles. The quantitative estimate of drug-likeness (QED) is 0.469. The summed E-state index contributed by atoms with van der Waals surface area (Å²) in [6.45, 7) is 6.73. The molecule has 4 rings (SSSR count). The summed E-state index contributed by atoms with van der Waals surface area (Å²) in [7, 11) is 0. The molecule has 0 aliphatic carbocycles. The predicted molar refractivity (Wildman–Crippen MR) is 101 cm³/mol. The normalized spacial score (nSPS) is 15.2. The van der Waals surface area contributed by atoms with Gasteiger partial charge in [-0.25, -0.2) is 0 Å². The largest absolute Gasteiger partial charge is 0.340 e. The number of ketones is 1. The van der Waals surface area contributed by atoms with Gasteiger partial charge in [-0.1, -0.05) is 48.2 Å². The van der Waals surface area contributed by atoms with Crippen LogP contribution in [0.25, 0.3) is 17.0 Å². The van der Waals surface area contributed by atoms with Crippen LogP contribution in [0.15, 0.2) is 71.0 Å². The number of thioether (sulfide) groups is 1. The van der Waals surface area contributed by atoms with Gasteiger partial charge in [-0.05, 0) is 31.2 Å². The highest BCUT2D eigenvalue weighted by Crippen LogP contribution is 2.41. The Bertz CT molecular complexity index is 1010. The smallest absolute Gasteiger partial charge is 0.200 e. The predicted octanol–water partition coefficient (Wildman–Crippen LogP) is 5.47. The third-order valence-electron chi connectivity index (χ3n) is 4.44. The van der Waals surface area contributed by atoms with E-state index in [1.165, 1.54) is 10.9 Å². The summed E-state index contributed by atoms with van der Waals surface area (Å²) in [4.78, 5) is 14.5. The van der Waals surface area contributed by atoms with Crippen LogP contribution in [0.4, 0.5) is 0 Å². The number of carbonyl (C=O) groups excluding carboxylic acids is 1. The fraction of sp³-hybridized carbons (Fsp3) is 0.0952. The van der Waals surface area contributed by atoms with Crippen molar-refractivity contribution in [3.05, 3.63) is 82.9 Å². The number of aromatic nitrogens is 1. The van der Waals surface area contributed by atoms with Crippen LogP contribution in [-0.2, 0) is 6.54 Å². The van der Waals surface area contributed by atoms with E-state index in [4.69, 9.17) is 0 Å². The lowest BCUT2D eigenvalue weighted by Crippen LogP contribution is -1.97. The average Bonchev–Trinajstić information content (AvgIpc) is 3.06. The monoisotopic (exact) mass is 331 g/mol. The van der Waals surface area contributed by atoms with Crippen LogP contribution < -0.4 is 0 Å². The van der Waals surface area contributed by atoms with E-state index in [0.29, 0.717) is 0 Å². The molecule has 3 heteroatoms. The summed E-state index contributed by atoms with van der Waals surface area (Å²) in [5.74, 6) is 0.121. The van der Waals surface area contributed by atoms with Gasteiger partial charge in [0.2, 0.25) is 5.78 Å². The maximum atomic E-state index is 12.7. The summed E-state index contributed by atoms with van der Waals surface area (Å²) in [5, 5.41) is 1.17. The number of benzene rings is 2. The molecule has 0 N–H and O–H groups in total. The van der Waals surface area contributed by atoms with Crippen LogP contribution in [0.2, 0.25) is 0 Å². The Hall–Kier alpha value is -2.52.